The van der Waals surface area contributed by atoms with Crippen molar-refractivity contribution < 1.29 is 9.90 Å². The third-order valence-electron chi connectivity index (χ3n) is 4.29. The van der Waals surface area contributed by atoms with Crippen molar-refractivity contribution in [2.24, 2.45) is 0 Å². The fourth-order valence-corrected chi connectivity index (χ4v) is 2.98. The topological polar surface area (TPSA) is 84.2 Å². The van der Waals surface area contributed by atoms with E-state index in [4.69, 9.17) is 0 Å². The summed E-state index contributed by atoms with van der Waals surface area (Å²) in [6, 6.07) is 13.4. The first-order chi connectivity index (χ1) is 12.1. The number of benzene rings is 2. The molecule has 0 aliphatic carbocycles. The molecular formula is C19H15N3O3. The highest BCUT2D eigenvalue weighted by Crippen LogP contribution is 2.27. The molecule has 4 rings (SSSR count). The largest absolute Gasteiger partial charge is 0.506 e. The number of amides is 1. The number of carbonyl (C=O) groups excluding carboxylic acids is 1. The molecule has 1 atom stereocenters. The molecular weight excluding hydrogens is 318 g/mol. The molecule has 2 aromatic carbocycles. The van der Waals surface area contributed by atoms with Gasteiger partial charge in [0.15, 0.2) is 5.82 Å². The number of hydrogen-bond acceptors (Lipinski definition) is 4. The lowest BCUT2D eigenvalue weighted by atomic mass is 10.1. The number of rotatable bonds is 1. The van der Waals surface area contributed by atoms with Gasteiger partial charge in [-0.1, -0.05) is 36.4 Å². The van der Waals surface area contributed by atoms with Crippen molar-refractivity contribution in [2.45, 2.75) is 13.0 Å². The average molecular weight is 333 g/mol. The first kappa shape index (κ1) is 15.1. The summed E-state index contributed by atoms with van der Waals surface area (Å²) in [7, 11) is 0. The summed E-state index contributed by atoms with van der Waals surface area (Å²) < 4.78 is 1.37. The molecule has 124 valence electrons. The minimum Gasteiger partial charge on any atom is -0.506 e. The van der Waals surface area contributed by atoms with E-state index < -0.39 is 6.04 Å². The van der Waals surface area contributed by atoms with Crippen LogP contribution in [0.4, 0.5) is 0 Å². The summed E-state index contributed by atoms with van der Waals surface area (Å²) >= 11 is 0. The number of nitrogens with one attached hydrogen (secondary N) is 1. The van der Waals surface area contributed by atoms with Gasteiger partial charge in [-0.25, -0.2) is 4.98 Å². The fourth-order valence-electron chi connectivity index (χ4n) is 2.98. The van der Waals surface area contributed by atoms with Gasteiger partial charge in [0.25, 0.3) is 5.56 Å². The van der Waals surface area contributed by atoms with Crippen molar-refractivity contribution in [3.63, 3.8) is 0 Å². The molecule has 1 aliphatic heterocycles. The number of phenolic OH excluding ortho intramolecular Hbond substituents is 1. The van der Waals surface area contributed by atoms with Gasteiger partial charge in [-0.2, -0.15) is 0 Å². The summed E-state index contributed by atoms with van der Waals surface area (Å²) in [5, 5.41) is 13.2. The third-order valence-corrected chi connectivity index (χ3v) is 4.29. The standard InChI is InChI=1S/C19H15N3O3/c1-11-18(24)20-14(10-12-6-3-2-4-7-12)17-21-16-13(19(25)22(11)17)8-5-9-15(16)23/h2-11,23H,1H3,(H,20,24)/b14-10-/t11-/m1/s1. The molecule has 0 spiro atoms. The molecule has 6 heteroatoms. The van der Waals surface area contributed by atoms with Gasteiger partial charge >= 0.3 is 0 Å². The fraction of sp³-hybridized carbons (Fsp3) is 0.105. The zero-order chi connectivity index (χ0) is 17.6. The first-order valence-electron chi connectivity index (χ1n) is 7.88. The van der Waals surface area contributed by atoms with Crippen molar-refractivity contribution in [1.29, 1.82) is 0 Å². The Morgan fingerprint density at radius 1 is 1.12 bits per heavy atom. The van der Waals surface area contributed by atoms with Crippen molar-refractivity contribution in [2.75, 3.05) is 0 Å². The van der Waals surface area contributed by atoms with Crippen molar-refractivity contribution >= 4 is 28.6 Å². The zero-order valence-corrected chi connectivity index (χ0v) is 13.4. The highest BCUT2D eigenvalue weighted by Gasteiger charge is 2.30. The number of aromatic nitrogens is 2. The van der Waals surface area contributed by atoms with E-state index in [-0.39, 0.29) is 28.1 Å². The predicted molar refractivity (Wildman–Crippen MR) is 94.8 cm³/mol. The number of fused-ring (bicyclic) bond motifs is 2. The van der Waals surface area contributed by atoms with Crippen LogP contribution in [0.5, 0.6) is 5.75 Å². The Morgan fingerprint density at radius 3 is 2.64 bits per heavy atom. The molecule has 0 saturated heterocycles. The first-order valence-corrected chi connectivity index (χ1v) is 7.88. The van der Waals surface area contributed by atoms with E-state index >= 15 is 0 Å². The van der Waals surface area contributed by atoms with Gasteiger partial charge in [0.05, 0.1) is 11.1 Å². The third kappa shape index (κ3) is 2.39. The van der Waals surface area contributed by atoms with Crippen molar-refractivity contribution in [3.8, 4) is 5.75 Å². The Hall–Kier alpha value is -3.41. The lowest BCUT2D eigenvalue weighted by molar-refractivity contribution is -0.123. The molecule has 2 heterocycles. The minimum atomic E-state index is -0.685. The predicted octanol–water partition coefficient (Wildman–Crippen LogP) is 2.29. The van der Waals surface area contributed by atoms with E-state index in [9.17, 15) is 14.7 Å². The minimum absolute atomic E-state index is 0.0679. The number of para-hydroxylation sites is 1. The number of nitrogens with zero attached hydrogens (tertiary/aromatic N) is 2. The van der Waals surface area contributed by atoms with E-state index in [2.05, 4.69) is 10.3 Å². The Kier molecular flexibility index (Phi) is 3.39. The summed E-state index contributed by atoms with van der Waals surface area (Å²) in [6.45, 7) is 1.65. The maximum absolute atomic E-state index is 12.9. The van der Waals surface area contributed by atoms with Gasteiger partial charge in [-0.3, -0.25) is 14.2 Å². The van der Waals surface area contributed by atoms with Crippen LogP contribution in [0, 0.1) is 0 Å². The Morgan fingerprint density at radius 2 is 1.88 bits per heavy atom. The van der Waals surface area contributed by atoms with Crippen LogP contribution >= 0.6 is 0 Å². The second kappa shape index (κ2) is 5.59. The molecule has 1 aromatic heterocycles. The van der Waals surface area contributed by atoms with Gasteiger partial charge in [-0.05, 0) is 30.7 Å². The molecule has 1 aliphatic rings. The van der Waals surface area contributed by atoms with E-state index in [0.717, 1.165) is 5.56 Å². The quantitative estimate of drug-likeness (QED) is 0.716. The number of carbonyl (C=O) groups is 1. The van der Waals surface area contributed by atoms with E-state index in [1.807, 2.05) is 30.3 Å². The van der Waals surface area contributed by atoms with Crippen LogP contribution in [0.25, 0.3) is 22.7 Å². The second-order valence-corrected chi connectivity index (χ2v) is 5.92. The van der Waals surface area contributed by atoms with Crippen LogP contribution in [0.2, 0.25) is 0 Å². The van der Waals surface area contributed by atoms with Crippen LogP contribution in [-0.4, -0.2) is 20.6 Å². The molecule has 0 radical (unpaired) electrons. The van der Waals surface area contributed by atoms with Crippen LogP contribution < -0.4 is 10.9 Å². The van der Waals surface area contributed by atoms with Gasteiger partial charge in [0.2, 0.25) is 5.91 Å². The van der Waals surface area contributed by atoms with E-state index in [0.29, 0.717) is 11.5 Å². The highest BCUT2D eigenvalue weighted by molar-refractivity contribution is 5.97. The maximum atomic E-state index is 12.9. The van der Waals surface area contributed by atoms with Crippen molar-refractivity contribution in [3.05, 3.63) is 70.3 Å². The van der Waals surface area contributed by atoms with E-state index in [1.165, 1.54) is 10.6 Å². The van der Waals surface area contributed by atoms with Gasteiger partial charge in [0, 0.05) is 0 Å². The molecule has 0 fully saturated rings. The summed E-state index contributed by atoms with van der Waals surface area (Å²) in [6.07, 6.45) is 1.76. The SMILES string of the molecule is C[C@@H]1C(=O)N/C(=C\c2ccccc2)c2nc3c(O)cccc3c(=O)n21. The van der Waals surface area contributed by atoms with Gasteiger partial charge in [0.1, 0.15) is 17.3 Å². The number of hydrogen-bond donors (Lipinski definition) is 2. The normalized spacial score (nSPS) is 18.2. The number of aromatic hydroxyl groups is 1. The Labute approximate surface area is 143 Å². The monoisotopic (exact) mass is 333 g/mol. The van der Waals surface area contributed by atoms with Crippen LogP contribution in [0.1, 0.15) is 24.4 Å². The van der Waals surface area contributed by atoms with Crippen molar-refractivity contribution in [1.82, 2.24) is 14.9 Å². The molecule has 2 N–H and O–H groups in total. The van der Waals surface area contributed by atoms with Crippen LogP contribution in [0.3, 0.4) is 0 Å². The molecule has 6 nitrogen and oxygen atoms in total. The summed E-state index contributed by atoms with van der Waals surface area (Å²) in [5.74, 6) is -0.0188. The van der Waals surface area contributed by atoms with Gasteiger partial charge < -0.3 is 10.4 Å². The summed E-state index contributed by atoms with van der Waals surface area (Å²) in [4.78, 5) is 29.7. The second-order valence-electron chi connectivity index (χ2n) is 5.92. The summed E-state index contributed by atoms with van der Waals surface area (Å²) in [5.41, 5.74) is 1.17. The Bertz CT molecular complexity index is 1080. The average Bonchev–Trinajstić information content (AvgIpc) is 2.61. The molecule has 3 aromatic rings. The smallest absolute Gasteiger partial charge is 0.262 e. The molecule has 0 unspecified atom stereocenters. The van der Waals surface area contributed by atoms with E-state index in [1.54, 1.807) is 25.1 Å². The molecule has 0 bridgehead atoms. The van der Waals surface area contributed by atoms with Gasteiger partial charge in [-0.15, -0.1) is 0 Å². The highest BCUT2D eigenvalue weighted by atomic mass is 16.3. The lowest BCUT2D eigenvalue weighted by Gasteiger charge is -2.26. The van der Waals surface area contributed by atoms with Crippen LogP contribution in [0.15, 0.2) is 53.3 Å². The Balaban J connectivity index is 2.05. The maximum Gasteiger partial charge on any atom is 0.262 e. The molecule has 0 saturated carbocycles. The lowest BCUT2D eigenvalue weighted by Crippen LogP contribution is -2.43. The molecule has 1 amide bonds. The number of phenols is 1. The van der Waals surface area contributed by atoms with Crippen LogP contribution in [-0.2, 0) is 4.79 Å². The zero-order valence-electron chi connectivity index (χ0n) is 13.4. The molecule has 25 heavy (non-hydrogen) atoms.